The van der Waals surface area contributed by atoms with Gasteiger partial charge in [-0.15, -0.1) is 0 Å². The van der Waals surface area contributed by atoms with E-state index in [0.29, 0.717) is 5.02 Å². The van der Waals surface area contributed by atoms with Crippen molar-refractivity contribution in [3.63, 3.8) is 0 Å². The molecule has 2 atom stereocenters. The van der Waals surface area contributed by atoms with Crippen LogP contribution in [0, 0.1) is 0 Å². The maximum absolute atomic E-state index is 12.0. The van der Waals surface area contributed by atoms with Crippen molar-refractivity contribution in [3.05, 3.63) is 34.9 Å². The molecule has 2 rings (SSSR count). The van der Waals surface area contributed by atoms with Gasteiger partial charge in [0.15, 0.2) is 0 Å². The van der Waals surface area contributed by atoms with Gasteiger partial charge in [0.1, 0.15) is 0 Å². The number of rotatable bonds is 3. The fourth-order valence-electron chi connectivity index (χ4n) is 1.91. The summed E-state index contributed by atoms with van der Waals surface area (Å²) in [5, 5.41) is 6.94. The third-order valence-corrected chi connectivity index (χ3v) is 4.24. The molecule has 1 amide bonds. The van der Waals surface area contributed by atoms with E-state index in [4.69, 9.17) is 11.6 Å². The van der Waals surface area contributed by atoms with Crippen molar-refractivity contribution in [3.8, 4) is 0 Å². The number of hydrogen-bond acceptors (Lipinski definition) is 3. The Hall–Kier alpha value is -0.710. The van der Waals surface area contributed by atoms with Gasteiger partial charge in [0.2, 0.25) is 5.91 Å². The van der Waals surface area contributed by atoms with Gasteiger partial charge >= 0.3 is 0 Å². The largest absolute Gasteiger partial charge is 0.348 e. The Kier molecular flexibility index (Phi) is 4.92. The molecule has 0 saturated carbocycles. The van der Waals surface area contributed by atoms with E-state index in [9.17, 15) is 4.79 Å². The molecule has 18 heavy (non-hydrogen) atoms. The lowest BCUT2D eigenvalue weighted by Gasteiger charge is -2.24. The molecule has 0 aliphatic carbocycles. The van der Waals surface area contributed by atoms with Crippen LogP contribution in [-0.2, 0) is 4.79 Å². The number of nitrogens with one attached hydrogen (secondary N) is 2. The molecular weight excluding hydrogens is 268 g/mol. The molecule has 1 aliphatic heterocycles. The van der Waals surface area contributed by atoms with E-state index < -0.39 is 0 Å². The van der Waals surface area contributed by atoms with Crippen molar-refractivity contribution >= 4 is 29.3 Å². The minimum atomic E-state index is -0.0783. The first-order chi connectivity index (χ1) is 8.66. The van der Waals surface area contributed by atoms with E-state index in [1.807, 2.05) is 43.0 Å². The number of amides is 1. The number of halogens is 1. The van der Waals surface area contributed by atoms with Gasteiger partial charge in [0, 0.05) is 23.1 Å². The summed E-state index contributed by atoms with van der Waals surface area (Å²) < 4.78 is 0. The van der Waals surface area contributed by atoms with Crippen molar-refractivity contribution in [1.82, 2.24) is 10.6 Å². The predicted molar refractivity (Wildman–Crippen MR) is 77.1 cm³/mol. The van der Waals surface area contributed by atoms with Crippen LogP contribution in [0.25, 0.3) is 0 Å². The van der Waals surface area contributed by atoms with E-state index in [0.717, 1.165) is 23.6 Å². The zero-order valence-electron chi connectivity index (χ0n) is 10.3. The molecule has 1 aromatic rings. The maximum Gasteiger partial charge on any atom is 0.238 e. The van der Waals surface area contributed by atoms with E-state index in [1.54, 1.807) is 0 Å². The summed E-state index contributed by atoms with van der Waals surface area (Å²) in [5.74, 6) is 1.98. The summed E-state index contributed by atoms with van der Waals surface area (Å²) >= 11 is 7.76. The van der Waals surface area contributed by atoms with Gasteiger partial charge in [-0.1, -0.05) is 23.7 Å². The molecule has 1 aromatic carbocycles. The Morgan fingerprint density at radius 1 is 1.61 bits per heavy atom. The van der Waals surface area contributed by atoms with E-state index in [-0.39, 0.29) is 18.0 Å². The van der Waals surface area contributed by atoms with Crippen LogP contribution in [0.15, 0.2) is 24.3 Å². The fraction of sp³-hybridized carbons (Fsp3) is 0.462. The van der Waals surface area contributed by atoms with Crippen molar-refractivity contribution in [2.45, 2.75) is 19.0 Å². The highest BCUT2D eigenvalue weighted by Gasteiger charge is 2.22. The highest BCUT2D eigenvalue weighted by atomic mass is 35.5. The second-order valence-electron chi connectivity index (χ2n) is 4.37. The number of carbonyl (C=O) groups excluding carboxylic acids is 1. The third-order valence-electron chi connectivity index (χ3n) is 2.95. The molecule has 0 aromatic heterocycles. The first-order valence-electron chi connectivity index (χ1n) is 6.04. The first kappa shape index (κ1) is 13.7. The zero-order valence-corrected chi connectivity index (χ0v) is 11.9. The van der Waals surface area contributed by atoms with E-state index in [1.165, 1.54) is 0 Å². The molecule has 98 valence electrons. The molecule has 2 N–H and O–H groups in total. The summed E-state index contributed by atoms with van der Waals surface area (Å²) in [6.07, 6.45) is 0. The summed E-state index contributed by atoms with van der Waals surface area (Å²) in [4.78, 5) is 12.0. The van der Waals surface area contributed by atoms with Gasteiger partial charge in [0.25, 0.3) is 0 Å². The maximum atomic E-state index is 12.0. The summed E-state index contributed by atoms with van der Waals surface area (Å²) in [6, 6.07) is 7.49. The molecular formula is C13H17ClN2OS. The summed E-state index contributed by atoms with van der Waals surface area (Å²) in [5.41, 5.74) is 1.03. The minimum Gasteiger partial charge on any atom is -0.348 e. The summed E-state index contributed by atoms with van der Waals surface area (Å²) in [7, 11) is 0. The predicted octanol–water partition coefficient (Wildman–Crippen LogP) is 2.22. The van der Waals surface area contributed by atoms with E-state index >= 15 is 0 Å². The smallest absolute Gasteiger partial charge is 0.238 e. The standard InChI is InChI=1S/C13H17ClN2OS/c1-9(10-3-2-4-11(14)7-10)16-13(17)12-8-18-6-5-15-12/h2-4,7,9,12,15H,5-6,8H2,1H3,(H,16,17). The number of carbonyl (C=O) groups is 1. The van der Waals surface area contributed by atoms with Gasteiger partial charge in [-0.05, 0) is 24.6 Å². The molecule has 2 unspecified atom stereocenters. The topological polar surface area (TPSA) is 41.1 Å². The molecule has 5 heteroatoms. The van der Waals surface area contributed by atoms with Crippen LogP contribution in [0.5, 0.6) is 0 Å². The lowest BCUT2D eigenvalue weighted by Crippen LogP contribution is -2.49. The Morgan fingerprint density at radius 2 is 2.44 bits per heavy atom. The zero-order chi connectivity index (χ0) is 13.0. The number of thioether (sulfide) groups is 1. The molecule has 0 bridgehead atoms. The summed E-state index contributed by atoms with van der Waals surface area (Å²) in [6.45, 7) is 2.87. The highest BCUT2D eigenvalue weighted by Crippen LogP contribution is 2.18. The van der Waals surface area contributed by atoms with Crippen LogP contribution in [0.2, 0.25) is 5.02 Å². The first-order valence-corrected chi connectivity index (χ1v) is 7.57. The molecule has 1 aliphatic rings. The molecule has 0 radical (unpaired) electrons. The second-order valence-corrected chi connectivity index (χ2v) is 5.95. The highest BCUT2D eigenvalue weighted by molar-refractivity contribution is 7.99. The fourth-order valence-corrected chi connectivity index (χ4v) is 3.04. The SMILES string of the molecule is CC(NC(=O)C1CSCCN1)c1cccc(Cl)c1. The van der Waals surface area contributed by atoms with Gasteiger partial charge in [0.05, 0.1) is 12.1 Å². The Labute approximate surface area is 117 Å². The van der Waals surface area contributed by atoms with Crippen LogP contribution in [0.1, 0.15) is 18.5 Å². The molecule has 1 saturated heterocycles. The second kappa shape index (κ2) is 6.45. The monoisotopic (exact) mass is 284 g/mol. The van der Waals surface area contributed by atoms with Gasteiger partial charge in [-0.25, -0.2) is 0 Å². The number of benzene rings is 1. The van der Waals surface area contributed by atoms with Gasteiger partial charge < -0.3 is 10.6 Å². The lowest BCUT2D eigenvalue weighted by atomic mass is 10.1. The van der Waals surface area contributed by atoms with Crippen LogP contribution < -0.4 is 10.6 Å². The van der Waals surface area contributed by atoms with Crippen molar-refractivity contribution < 1.29 is 4.79 Å². The Bertz CT molecular complexity index is 421. The Morgan fingerprint density at radius 3 is 3.11 bits per heavy atom. The van der Waals surface area contributed by atoms with Crippen molar-refractivity contribution in [2.24, 2.45) is 0 Å². The lowest BCUT2D eigenvalue weighted by molar-refractivity contribution is -0.123. The average molecular weight is 285 g/mol. The van der Waals surface area contributed by atoms with Gasteiger partial charge in [-0.2, -0.15) is 11.8 Å². The normalized spacial score (nSPS) is 21.3. The van der Waals surface area contributed by atoms with Crippen molar-refractivity contribution in [2.75, 3.05) is 18.1 Å². The molecule has 1 fully saturated rings. The molecule has 1 heterocycles. The Balaban J connectivity index is 1.94. The average Bonchev–Trinajstić information content (AvgIpc) is 2.39. The van der Waals surface area contributed by atoms with Crippen molar-refractivity contribution in [1.29, 1.82) is 0 Å². The molecule has 3 nitrogen and oxygen atoms in total. The molecule has 0 spiro atoms. The quantitative estimate of drug-likeness (QED) is 0.894. The van der Waals surface area contributed by atoms with Crippen LogP contribution in [0.3, 0.4) is 0 Å². The van der Waals surface area contributed by atoms with Crippen LogP contribution in [0.4, 0.5) is 0 Å². The van der Waals surface area contributed by atoms with Crippen LogP contribution in [-0.4, -0.2) is 30.0 Å². The third kappa shape index (κ3) is 3.64. The van der Waals surface area contributed by atoms with Gasteiger partial charge in [-0.3, -0.25) is 4.79 Å². The van der Waals surface area contributed by atoms with E-state index in [2.05, 4.69) is 10.6 Å². The minimum absolute atomic E-state index is 0.0232. The van der Waals surface area contributed by atoms with Crippen LogP contribution >= 0.6 is 23.4 Å². The number of hydrogen-bond donors (Lipinski definition) is 2.